The number of likely N-dealkylation sites (tertiary alicyclic amines) is 1. The summed E-state index contributed by atoms with van der Waals surface area (Å²) in [4.78, 5) is 28.4. The lowest BCUT2D eigenvalue weighted by Crippen LogP contribution is -2.46. The molecule has 0 unspecified atom stereocenters. The minimum absolute atomic E-state index is 0.130. The van der Waals surface area contributed by atoms with E-state index in [0.717, 1.165) is 29.6 Å². The largest absolute Gasteiger partial charge is 0.505 e. The molecule has 0 bridgehead atoms. The summed E-state index contributed by atoms with van der Waals surface area (Å²) >= 11 is 0. The number of imide groups is 1. The van der Waals surface area contributed by atoms with Crippen LogP contribution < -0.4 is 4.74 Å². The summed E-state index contributed by atoms with van der Waals surface area (Å²) in [5, 5.41) is 20.4. The van der Waals surface area contributed by atoms with Crippen molar-refractivity contribution in [2.24, 2.45) is 17.8 Å². The summed E-state index contributed by atoms with van der Waals surface area (Å²) in [6, 6.07) is 13.8. The molecule has 7 nitrogen and oxygen atoms in total. The predicted octanol–water partition coefficient (Wildman–Crippen LogP) is 5.78. The number of nitrogens with zero attached hydrogens (tertiary/aromatic N) is 1. The Morgan fingerprint density at radius 2 is 1.88 bits per heavy atom. The van der Waals surface area contributed by atoms with Crippen LogP contribution in [0.5, 0.6) is 11.5 Å². The molecular formula is C33H39BFNO6. The van der Waals surface area contributed by atoms with E-state index in [-0.39, 0.29) is 36.4 Å². The standard InChI is InChI=1S/C33H39BFNO6/c1-3-8-21(16-22-11-13-28(37)27(35)17-22)12-14-29-30-23(20-41-24-9-6-5-7-10-24)18-25-31(26(30)19-34(40)42-29)33(39)36(15-4-2)32(25)38/h5-7,9-11,13,16-17,25-26,29,31,37,40H,3-4,8,12,14-15,18-20H2,1-2H3/b21-16+/t25-,26+,29-,31-/m1/s1. The van der Waals surface area contributed by atoms with Gasteiger partial charge in [-0.2, -0.15) is 0 Å². The lowest BCUT2D eigenvalue weighted by atomic mass is 9.58. The van der Waals surface area contributed by atoms with Gasteiger partial charge < -0.3 is 19.5 Å². The maximum absolute atomic E-state index is 14.0. The third-order valence-electron chi connectivity index (χ3n) is 8.64. The molecule has 9 heteroatoms. The van der Waals surface area contributed by atoms with Crippen molar-refractivity contribution in [3.63, 3.8) is 0 Å². The zero-order valence-electron chi connectivity index (χ0n) is 24.3. The van der Waals surface area contributed by atoms with E-state index in [1.54, 1.807) is 6.07 Å². The highest BCUT2D eigenvalue weighted by Crippen LogP contribution is 2.50. The van der Waals surface area contributed by atoms with Crippen LogP contribution >= 0.6 is 0 Å². The minimum Gasteiger partial charge on any atom is -0.505 e. The Morgan fingerprint density at radius 3 is 2.60 bits per heavy atom. The molecule has 42 heavy (non-hydrogen) atoms. The number of fused-ring (bicyclic) bond motifs is 3. The van der Waals surface area contributed by atoms with Crippen LogP contribution in [0.3, 0.4) is 0 Å². The van der Waals surface area contributed by atoms with Crippen LogP contribution in [0, 0.1) is 23.6 Å². The van der Waals surface area contributed by atoms with Gasteiger partial charge in [0.25, 0.3) is 0 Å². The van der Waals surface area contributed by atoms with Crippen molar-refractivity contribution >= 4 is 25.0 Å². The maximum atomic E-state index is 14.0. The molecule has 2 aromatic carbocycles. The molecule has 0 aromatic heterocycles. The van der Waals surface area contributed by atoms with Gasteiger partial charge in [0.05, 0.1) is 17.9 Å². The first-order valence-corrected chi connectivity index (χ1v) is 15.1. The van der Waals surface area contributed by atoms with Gasteiger partial charge in [0.2, 0.25) is 11.8 Å². The van der Waals surface area contributed by atoms with Gasteiger partial charge in [0, 0.05) is 6.54 Å². The third kappa shape index (κ3) is 6.32. The molecule has 2 heterocycles. The number of carbonyl (C=O) groups excluding carboxylic acids is 2. The molecule has 2 aliphatic heterocycles. The van der Waals surface area contributed by atoms with Crippen LogP contribution in [0.4, 0.5) is 4.39 Å². The van der Waals surface area contributed by atoms with Gasteiger partial charge in [0.15, 0.2) is 11.6 Å². The topological polar surface area (TPSA) is 96.3 Å². The van der Waals surface area contributed by atoms with Gasteiger partial charge in [-0.25, -0.2) is 4.39 Å². The van der Waals surface area contributed by atoms with E-state index in [9.17, 15) is 24.1 Å². The number of aromatic hydroxyl groups is 1. The van der Waals surface area contributed by atoms with Crippen molar-refractivity contribution in [3.8, 4) is 11.5 Å². The number of amides is 2. The number of carbonyl (C=O) groups is 2. The Morgan fingerprint density at radius 1 is 1.10 bits per heavy atom. The molecule has 222 valence electrons. The van der Waals surface area contributed by atoms with Crippen LogP contribution in [0.1, 0.15) is 57.9 Å². The van der Waals surface area contributed by atoms with E-state index < -0.39 is 30.9 Å². The Balaban J connectivity index is 1.46. The Labute approximate surface area is 247 Å². The van der Waals surface area contributed by atoms with E-state index in [1.807, 2.05) is 43.3 Å². The van der Waals surface area contributed by atoms with Crippen LogP contribution in [-0.4, -0.2) is 53.2 Å². The lowest BCUT2D eigenvalue weighted by molar-refractivity contribution is -0.140. The molecule has 0 spiro atoms. The average molecular weight is 575 g/mol. The van der Waals surface area contributed by atoms with Gasteiger partial charge in [-0.3, -0.25) is 14.5 Å². The van der Waals surface area contributed by atoms with Crippen molar-refractivity contribution in [3.05, 3.63) is 76.6 Å². The molecule has 5 rings (SSSR count). The Bertz CT molecular complexity index is 1360. The fourth-order valence-electron chi connectivity index (χ4n) is 6.85. The van der Waals surface area contributed by atoms with Gasteiger partial charge in [-0.1, -0.05) is 56.2 Å². The van der Waals surface area contributed by atoms with Crippen molar-refractivity contribution in [1.82, 2.24) is 4.90 Å². The van der Waals surface area contributed by atoms with Crippen molar-refractivity contribution in [2.75, 3.05) is 13.2 Å². The molecular weight excluding hydrogens is 536 g/mol. The van der Waals surface area contributed by atoms with Crippen LogP contribution in [0.15, 0.2) is 65.3 Å². The molecule has 2 amide bonds. The summed E-state index contributed by atoms with van der Waals surface area (Å²) in [6.07, 6.45) is 5.76. The predicted molar refractivity (Wildman–Crippen MR) is 159 cm³/mol. The van der Waals surface area contributed by atoms with Crippen LogP contribution in [0.25, 0.3) is 6.08 Å². The molecule has 2 N–H and O–H groups in total. The van der Waals surface area contributed by atoms with E-state index in [2.05, 4.69) is 6.92 Å². The number of para-hydroxylation sites is 1. The first kappa shape index (κ1) is 30.0. The monoisotopic (exact) mass is 575 g/mol. The number of rotatable bonds is 11. The molecule has 3 aliphatic rings. The fraction of sp³-hybridized carbons (Fsp3) is 0.455. The van der Waals surface area contributed by atoms with Gasteiger partial charge >= 0.3 is 7.12 Å². The summed E-state index contributed by atoms with van der Waals surface area (Å²) < 4.78 is 26.3. The van der Waals surface area contributed by atoms with Crippen molar-refractivity contribution in [1.29, 1.82) is 0 Å². The van der Waals surface area contributed by atoms with Crippen molar-refractivity contribution < 1.29 is 33.5 Å². The molecule has 0 radical (unpaired) electrons. The molecule has 0 saturated carbocycles. The maximum Gasteiger partial charge on any atom is 0.455 e. The zero-order valence-corrected chi connectivity index (χ0v) is 24.3. The average Bonchev–Trinajstić information content (AvgIpc) is 3.21. The Kier molecular flexibility index (Phi) is 9.48. The second-order valence-electron chi connectivity index (χ2n) is 11.5. The van der Waals surface area contributed by atoms with Crippen molar-refractivity contribution in [2.45, 2.75) is 64.8 Å². The zero-order chi connectivity index (χ0) is 29.8. The van der Waals surface area contributed by atoms with E-state index in [4.69, 9.17) is 9.39 Å². The number of phenolic OH excluding ortho intramolecular Hbond substituents is 1. The first-order valence-electron chi connectivity index (χ1n) is 15.1. The number of hydrogen-bond acceptors (Lipinski definition) is 6. The molecule has 2 saturated heterocycles. The van der Waals surface area contributed by atoms with E-state index in [0.29, 0.717) is 43.5 Å². The highest BCUT2D eigenvalue weighted by molar-refractivity contribution is 6.43. The number of benzene rings is 2. The summed E-state index contributed by atoms with van der Waals surface area (Å²) in [7, 11) is -1.05. The normalized spacial score (nSPS) is 24.2. The second-order valence-corrected chi connectivity index (χ2v) is 11.5. The minimum atomic E-state index is -1.05. The van der Waals surface area contributed by atoms with E-state index in [1.165, 1.54) is 17.0 Å². The van der Waals surface area contributed by atoms with Gasteiger partial charge in [-0.05, 0) is 85.3 Å². The quantitative estimate of drug-likeness (QED) is 0.200. The Hall–Kier alpha value is -3.43. The molecule has 2 fully saturated rings. The highest BCUT2D eigenvalue weighted by atomic mass is 19.1. The summed E-state index contributed by atoms with van der Waals surface area (Å²) in [5.41, 5.74) is 3.70. The SMILES string of the molecule is CCC/C(=C\c1ccc(O)c(F)c1)CC[C@H]1OB(O)C[C@H]2C1=C(COc1ccccc1)C[C@H]1C(=O)N(CCC)C(=O)[C@H]12. The molecule has 2 aromatic rings. The molecule has 1 aliphatic carbocycles. The number of hydrogen-bond donors (Lipinski definition) is 2. The molecule has 4 atom stereocenters. The second kappa shape index (κ2) is 13.3. The van der Waals surface area contributed by atoms with Gasteiger partial charge in [0.1, 0.15) is 12.4 Å². The van der Waals surface area contributed by atoms with Gasteiger partial charge in [-0.15, -0.1) is 0 Å². The highest BCUT2D eigenvalue weighted by Gasteiger charge is 2.57. The number of phenols is 1. The van der Waals surface area contributed by atoms with E-state index >= 15 is 0 Å². The lowest BCUT2D eigenvalue weighted by Gasteiger charge is -2.43. The number of halogens is 1. The van der Waals surface area contributed by atoms with Crippen LogP contribution in [-0.2, 0) is 14.2 Å². The number of ether oxygens (including phenoxy) is 1. The first-order chi connectivity index (χ1) is 20.3. The summed E-state index contributed by atoms with van der Waals surface area (Å²) in [5.74, 6) is -1.89. The third-order valence-corrected chi connectivity index (χ3v) is 8.64. The fourth-order valence-corrected chi connectivity index (χ4v) is 6.85. The number of allylic oxidation sites excluding steroid dienone is 1. The van der Waals surface area contributed by atoms with Crippen LogP contribution in [0.2, 0.25) is 6.32 Å². The summed E-state index contributed by atoms with van der Waals surface area (Å²) in [6.45, 7) is 4.70. The smallest absolute Gasteiger partial charge is 0.455 e.